The number of aromatic nitrogens is 3. The first-order valence-electron chi connectivity index (χ1n) is 4.35. The largest absolute Gasteiger partial charge is 0.246 e. The molecule has 0 spiro atoms. The molecule has 0 bridgehead atoms. The van der Waals surface area contributed by atoms with Crippen LogP contribution in [0.1, 0.15) is 25.7 Å². The van der Waals surface area contributed by atoms with Crippen LogP contribution in [0.2, 0.25) is 0 Å². The third-order valence-electron chi connectivity index (χ3n) is 2.74. The lowest BCUT2D eigenvalue weighted by Gasteiger charge is -2.26. The van der Waals surface area contributed by atoms with Gasteiger partial charge in [0.05, 0.1) is 11.7 Å². The maximum Gasteiger partial charge on any atom is 0.0732 e. The van der Waals surface area contributed by atoms with Crippen molar-refractivity contribution >= 4 is 12.6 Å². The van der Waals surface area contributed by atoms with Crippen LogP contribution in [0.3, 0.4) is 0 Å². The summed E-state index contributed by atoms with van der Waals surface area (Å²) >= 11 is 4.40. The van der Waals surface area contributed by atoms with Gasteiger partial charge in [-0.25, -0.2) is 4.68 Å². The minimum absolute atomic E-state index is 0.166. The number of rotatable bonds is 2. The summed E-state index contributed by atoms with van der Waals surface area (Å²) < 4.78 is 1.98. The molecule has 4 heteroatoms. The van der Waals surface area contributed by atoms with E-state index >= 15 is 0 Å². The normalized spacial score (nSPS) is 21.4. The zero-order valence-electron chi connectivity index (χ0n) is 6.98. The van der Waals surface area contributed by atoms with E-state index in [1.54, 1.807) is 6.20 Å². The van der Waals surface area contributed by atoms with Crippen molar-refractivity contribution in [2.45, 2.75) is 31.2 Å². The zero-order chi connectivity index (χ0) is 8.44. The minimum Gasteiger partial charge on any atom is -0.246 e. The fourth-order valence-corrected chi connectivity index (χ4v) is 2.42. The third-order valence-corrected chi connectivity index (χ3v) is 3.33. The minimum atomic E-state index is 0.166. The molecule has 0 saturated heterocycles. The number of hydrogen-bond acceptors (Lipinski definition) is 3. The van der Waals surface area contributed by atoms with Crippen molar-refractivity contribution in [3.8, 4) is 0 Å². The van der Waals surface area contributed by atoms with E-state index in [-0.39, 0.29) is 5.54 Å². The van der Waals surface area contributed by atoms with Gasteiger partial charge in [-0.15, -0.1) is 5.10 Å². The predicted molar refractivity (Wildman–Crippen MR) is 50.3 cm³/mol. The topological polar surface area (TPSA) is 30.7 Å². The van der Waals surface area contributed by atoms with Crippen LogP contribution < -0.4 is 0 Å². The molecule has 1 aromatic heterocycles. The Morgan fingerprint density at radius 3 is 2.67 bits per heavy atom. The van der Waals surface area contributed by atoms with Crippen LogP contribution in [-0.2, 0) is 5.54 Å². The van der Waals surface area contributed by atoms with Gasteiger partial charge in [0.25, 0.3) is 0 Å². The van der Waals surface area contributed by atoms with Crippen molar-refractivity contribution in [2.24, 2.45) is 0 Å². The molecule has 1 fully saturated rings. The summed E-state index contributed by atoms with van der Waals surface area (Å²) in [6.45, 7) is 0. The molecule has 1 aromatic rings. The SMILES string of the molecule is SCC1(n2ccnn2)CCCC1. The molecule has 2 rings (SSSR count). The Kier molecular flexibility index (Phi) is 2.09. The van der Waals surface area contributed by atoms with Crippen LogP contribution in [0.5, 0.6) is 0 Å². The summed E-state index contributed by atoms with van der Waals surface area (Å²) in [5.41, 5.74) is 0.166. The smallest absolute Gasteiger partial charge is 0.0732 e. The first kappa shape index (κ1) is 8.10. The summed E-state index contributed by atoms with van der Waals surface area (Å²) in [7, 11) is 0. The quantitative estimate of drug-likeness (QED) is 0.704. The van der Waals surface area contributed by atoms with Crippen molar-refractivity contribution in [1.82, 2.24) is 15.0 Å². The predicted octanol–water partition coefficient (Wildman–Crippen LogP) is 1.48. The van der Waals surface area contributed by atoms with Gasteiger partial charge in [0, 0.05) is 11.9 Å². The Morgan fingerprint density at radius 2 is 2.17 bits per heavy atom. The summed E-state index contributed by atoms with van der Waals surface area (Å²) in [5, 5.41) is 7.90. The zero-order valence-corrected chi connectivity index (χ0v) is 7.87. The Morgan fingerprint density at radius 1 is 1.42 bits per heavy atom. The lowest BCUT2D eigenvalue weighted by Crippen LogP contribution is -2.32. The van der Waals surface area contributed by atoms with E-state index in [1.807, 2.05) is 10.9 Å². The maximum absolute atomic E-state index is 4.40. The molecule has 1 heterocycles. The van der Waals surface area contributed by atoms with E-state index in [9.17, 15) is 0 Å². The molecular formula is C8H13N3S. The average Bonchev–Trinajstić information content (AvgIpc) is 2.76. The van der Waals surface area contributed by atoms with Crippen molar-refractivity contribution in [3.63, 3.8) is 0 Å². The highest BCUT2D eigenvalue weighted by Gasteiger charge is 2.34. The summed E-state index contributed by atoms with van der Waals surface area (Å²) in [6, 6.07) is 0. The second kappa shape index (κ2) is 3.09. The molecule has 0 amide bonds. The second-order valence-electron chi connectivity index (χ2n) is 3.44. The average molecular weight is 183 g/mol. The van der Waals surface area contributed by atoms with Crippen LogP contribution in [0.25, 0.3) is 0 Å². The van der Waals surface area contributed by atoms with E-state index in [0.717, 1.165) is 5.75 Å². The maximum atomic E-state index is 4.40. The fraction of sp³-hybridized carbons (Fsp3) is 0.750. The van der Waals surface area contributed by atoms with Crippen LogP contribution >= 0.6 is 12.6 Å². The van der Waals surface area contributed by atoms with Crippen molar-refractivity contribution in [2.75, 3.05) is 5.75 Å². The highest BCUT2D eigenvalue weighted by molar-refractivity contribution is 7.80. The molecule has 0 aliphatic heterocycles. The Labute approximate surface area is 77.6 Å². The van der Waals surface area contributed by atoms with E-state index in [0.29, 0.717) is 0 Å². The highest BCUT2D eigenvalue weighted by atomic mass is 32.1. The Bertz CT molecular complexity index is 239. The van der Waals surface area contributed by atoms with Crippen LogP contribution in [0.4, 0.5) is 0 Å². The summed E-state index contributed by atoms with van der Waals surface area (Å²) in [6.07, 6.45) is 8.66. The molecule has 0 aromatic carbocycles. The molecule has 12 heavy (non-hydrogen) atoms. The molecule has 0 unspecified atom stereocenters. The van der Waals surface area contributed by atoms with Crippen molar-refractivity contribution in [1.29, 1.82) is 0 Å². The van der Waals surface area contributed by atoms with Gasteiger partial charge in [0.1, 0.15) is 0 Å². The van der Waals surface area contributed by atoms with Gasteiger partial charge in [-0.1, -0.05) is 18.1 Å². The molecule has 1 saturated carbocycles. The van der Waals surface area contributed by atoms with E-state index < -0.39 is 0 Å². The van der Waals surface area contributed by atoms with Gasteiger partial charge in [-0.3, -0.25) is 0 Å². The molecule has 66 valence electrons. The summed E-state index contributed by atoms with van der Waals surface area (Å²) in [5.74, 6) is 0.871. The second-order valence-corrected chi connectivity index (χ2v) is 3.75. The standard InChI is InChI=1S/C8H13N3S/c12-7-8(3-1-2-4-8)11-6-5-9-10-11/h5-6,12H,1-4,7H2. The molecule has 1 aliphatic rings. The molecular weight excluding hydrogens is 170 g/mol. The van der Waals surface area contributed by atoms with Gasteiger partial charge in [0.2, 0.25) is 0 Å². The van der Waals surface area contributed by atoms with E-state index in [2.05, 4.69) is 22.9 Å². The van der Waals surface area contributed by atoms with E-state index in [4.69, 9.17) is 0 Å². The number of thiol groups is 1. The molecule has 1 aliphatic carbocycles. The lowest BCUT2D eigenvalue weighted by atomic mass is 10.0. The third kappa shape index (κ3) is 1.14. The lowest BCUT2D eigenvalue weighted by molar-refractivity contribution is 0.297. The fourth-order valence-electron chi connectivity index (χ4n) is 1.95. The van der Waals surface area contributed by atoms with Crippen LogP contribution in [0, 0.1) is 0 Å². The van der Waals surface area contributed by atoms with Crippen molar-refractivity contribution in [3.05, 3.63) is 12.4 Å². The Balaban J connectivity index is 2.28. The van der Waals surface area contributed by atoms with Gasteiger partial charge in [0.15, 0.2) is 0 Å². The van der Waals surface area contributed by atoms with Gasteiger partial charge < -0.3 is 0 Å². The Hall–Kier alpha value is -0.510. The monoisotopic (exact) mass is 183 g/mol. The van der Waals surface area contributed by atoms with E-state index in [1.165, 1.54) is 25.7 Å². The molecule has 0 atom stereocenters. The first-order chi connectivity index (χ1) is 5.87. The van der Waals surface area contributed by atoms with Gasteiger partial charge in [-0.2, -0.15) is 12.6 Å². The van der Waals surface area contributed by atoms with Crippen molar-refractivity contribution < 1.29 is 0 Å². The van der Waals surface area contributed by atoms with Crippen LogP contribution in [0.15, 0.2) is 12.4 Å². The molecule has 0 N–H and O–H groups in total. The highest BCUT2D eigenvalue weighted by Crippen LogP contribution is 2.36. The van der Waals surface area contributed by atoms with Gasteiger partial charge >= 0.3 is 0 Å². The molecule has 3 nitrogen and oxygen atoms in total. The summed E-state index contributed by atoms with van der Waals surface area (Å²) in [4.78, 5) is 0. The molecule has 0 radical (unpaired) electrons. The number of hydrogen-bond donors (Lipinski definition) is 1. The first-order valence-corrected chi connectivity index (χ1v) is 4.98. The van der Waals surface area contributed by atoms with Gasteiger partial charge in [-0.05, 0) is 12.8 Å². The van der Waals surface area contributed by atoms with Crippen LogP contribution in [-0.4, -0.2) is 20.7 Å². The number of nitrogens with zero attached hydrogens (tertiary/aromatic N) is 3.